The van der Waals surface area contributed by atoms with Gasteiger partial charge in [0, 0.05) is 6.26 Å². The van der Waals surface area contributed by atoms with Gasteiger partial charge in [-0.1, -0.05) is 30.3 Å². The summed E-state index contributed by atoms with van der Waals surface area (Å²) in [5.41, 5.74) is 0.847. The van der Waals surface area contributed by atoms with Gasteiger partial charge < -0.3 is 5.32 Å². The number of urea groups is 1. The fraction of sp³-hybridized carbons (Fsp3) is 0.385. The summed E-state index contributed by atoms with van der Waals surface area (Å²) in [6.07, 6.45) is 1.21. The van der Waals surface area contributed by atoms with Crippen molar-refractivity contribution in [1.82, 2.24) is 10.2 Å². The van der Waals surface area contributed by atoms with E-state index < -0.39 is 21.9 Å². The first kappa shape index (κ1) is 14.5. The van der Waals surface area contributed by atoms with Crippen LogP contribution in [0.1, 0.15) is 12.0 Å². The Morgan fingerprint density at radius 2 is 1.85 bits per heavy atom. The predicted molar refractivity (Wildman–Crippen MR) is 73.6 cm³/mol. The highest BCUT2D eigenvalue weighted by atomic mass is 32.2. The lowest BCUT2D eigenvalue weighted by atomic mass is 10.2. The Kier molecular flexibility index (Phi) is 4.08. The van der Waals surface area contributed by atoms with E-state index in [9.17, 15) is 18.0 Å². The Hall–Kier alpha value is -1.89. The molecule has 0 aromatic heterocycles. The third kappa shape index (κ3) is 3.57. The molecule has 1 aliphatic heterocycles. The summed E-state index contributed by atoms with van der Waals surface area (Å²) < 4.78 is 22.2. The van der Waals surface area contributed by atoms with E-state index in [0.717, 1.165) is 16.7 Å². The highest BCUT2D eigenvalue weighted by Gasteiger charge is 2.37. The lowest BCUT2D eigenvalue weighted by Gasteiger charge is -2.12. The summed E-state index contributed by atoms with van der Waals surface area (Å²) in [7, 11) is -3.15. The molecule has 1 fully saturated rings. The zero-order valence-corrected chi connectivity index (χ0v) is 11.9. The van der Waals surface area contributed by atoms with Crippen molar-refractivity contribution in [2.45, 2.75) is 19.0 Å². The van der Waals surface area contributed by atoms with Crippen molar-refractivity contribution in [3.8, 4) is 0 Å². The molecule has 108 valence electrons. The summed E-state index contributed by atoms with van der Waals surface area (Å²) in [5.74, 6) is -0.495. The Balaban J connectivity index is 2.02. The quantitative estimate of drug-likeness (QED) is 0.804. The third-order valence-corrected chi connectivity index (χ3v) is 4.05. The van der Waals surface area contributed by atoms with E-state index in [1.54, 1.807) is 0 Å². The van der Waals surface area contributed by atoms with Gasteiger partial charge in [0.2, 0.25) is 0 Å². The highest BCUT2D eigenvalue weighted by molar-refractivity contribution is 7.90. The lowest BCUT2D eigenvalue weighted by molar-refractivity contribution is -0.127. The summed E-state index contributed by atoms with van der Waals surface area (Å²) in [6, 6.07) is 7.93. The molecule has 1 N–H and O–H groups in total. The number of rotatable bonds is 5. The SMILES string of the molecule is CS(=O)(=O)CC[C@@H]1NC(=O)N(Cc2ccccc2)C1=O. The molecule has 1 heterocycles. The first-order valence-electron chi connectivity index (χ1n) is 6.20. The van der Waals surface area contributed by atoms with Crippen LogP contribution in [-0.4, -0.2) is 43.3 Å². The average molecular weight is 296 g/mol. The average Bonchev–Trinajstić information content (AvgIpc) is 2.64. The second-order valence-corrected chi connectivity index (χ2v) is 7.09. The van der Waals surface area contributed by atoms with Gasteiger partial charge in [-0.3, -0.25) is 9.69 Å². The number of sulfone groups is 1. The Labute approximate surface area is 117 Å². The summed E-state index contributed by atoms with van der Waals surface area (Å²) in [6.45, 7) is 0.195. The largest absolute Gasteiger partial charge is 0.326 e. The maximum Gasteiger partial charge on any atom is 0.325 e. The zero-order chi connectivity index (χ0) is 14.8. The minimum absolute atomic E-state index is 0.106. The molecule has 20 heavy (non-hydrogen) atoms. The zero-order valence-electron chi connectivity index (χ0n) is 11.1. The predicted octanol–water partition coefficient (Wildman–Crippen LogP) is 0.542. The maximum absolute atomic E-state index is 12.1. The van der Waals surface area contributed by atoms with E-state index in [4.69, 9.17) is 0 Å². The van der Waals surface area contributed by atoms with Crippen LogP contribution in [0.5, 0.6) is 0 Å². The van der Waals surface area contributed by atoms with Crippen molar-refractivity contribution in [3.63, 3.8) is 0 Å². The lowest BCUT2D eigenvalue weighted by Crippen LogP contribution is -2.32. The Morgan fingerprint density at radius 3 is 2.45 bits per heavy atom. The van der Waals surface area contributed by atoms with Crippen LogP contribution in [0, 0.1) is 0 Å². The molecular weight excluding hydrogens is 280 g/mol. The topological polar surface area (TPSA) is 83.6 Å². The Bertz CT molecular complexity index is 613. The summed E-state index contributed by atoms with van der Waals surface area (Å²) in [4.78, 5) is 25.0. The van der Waals surface area contributed by atoms with E-state index in [0.29, 0.717) is 0 Å². The number of carbonyl (C=O) groups is 2. The van der Waals surface area contributed by atoms with Gasteiger partial charge in [0.1, 0.15) is 15.9 Å². The molecule has 1 saturated heterocycles. The van der Waals surface area contributed by atoms with E-state index in [-0.39, 0.29) is 24.6 Å². The van der Waals surface area contributed by atoms with Gasteiger partial charge in [0.05, 0.1) is 12.3 Å². The first-order chi connectivity index (χ1) is 9.37. The smallest absolute Gasteiger partial charge is 0.325 e. The van der Waals surface area contributed by atoms with E-state index in [1.165, 1.54) is 0 Å². The van der Waals surface area contributed by atoms with Crippen LogP contribution in [0.25, 0.3) is 0 Å². The molecule has 2 rings (SSSR count). The number of imide groups is 1. The van der Waals surface area contributed by atoms with Crippen molar-refractivity contribution >= 4 is 21.8 Å². The van der Waals surface area contributed by atoms with Crippen molar-refractivity contribution in [2.75, 3.05) is 12.0 Å². The van der Waals surface area contributed by atoms with Gasteiger partial charge in [-0.25, -0.2) is 13.2 Å². The van der Waals surface area contributed by atoms with Crippen LogP contribution in [-0.2, 0) is 21.2 Å². The molecule has 0 aliphatic carbocycles. The minimum atomic E-state index is -3.15. The van der Waals surface area contributed by atoms with Crippen LogP contribution in [0.3, 0.4) is 0 Å². The Morgan fingerprint density at radius 1 is 1.20 bits per heavy atom. The maximum atomic E-state index is 12.1. The molecule has 0 saturated carbocycles. The molecule has 0 radical (unpaired) electrons. The molecule has 1 aliphatic rings. The van der Waals surface area contributed by atoms with Crippen LogP contribution >= 0.6 is 0 Å². The number of benzene rings is 1. The van der Waals surface area contributed by atoms with E-state index in [1.807, 2.05) is 30.3 Å². The molecule has 1 aromatic carbocycles. The third-order valence-electron chi connectivity index (χ3n) is 3.07. The van der Waals surface area contributed by atoms with Crippen molar-refractivity contribution in [1.29, 1.82) is 0 Å². The monoisotopic (exact) mass is 296 g/mol. The highest BCUT2D eigenvalue weighted by Crippen LogP contribution is 2.14. The van der Waals surface area contributed by atoms with Gasteiger partial charge in [-0.2, -0.15) is 0 Å². The fourth-order valence-corrected chi connectivity index (χ4v) is 2.68. The molecule has 0 unspecified atom stereocenters. The number of carbonyl (C=O) groups excluding carboxylic acids is 2. The van der Waals surface area contributed by atoms with Crippen LogP contribution in [0.2, 0.25) is 0 Å². The number of hydrogen-bond acceptors (Lipinski definition) is 4. The molecule has 6 nitrogen and oxygen atoms in total. The molecular formula is C13H16N2O4S. The van der Waals surface area contributed by atoms with Gasteiger partial charge in [0.25, 0.3) is 5.91 Å². The van der Waals surface area contributed by atoms with E-state index in [2.05, 4.69) is 5.32 Å². The van der Waals surface area contributed by atoms with Gasteiger partial charge >= 0.3 is 6.03 Å². The van der Waals surface area contributed by atoms with Crippen LogP contribution in [0.15, 0.2) is 30.3 Å². The van der Waals surface area contributed by atoms with E-state index >= 15 is 0 Å². The molecule has 3 amide bonds. The van der Waals surface area contributed by atoms with Crippen molar-refractivity contribution in [3.05, 3.63) is 35.9 Å². The van der Waals surface area contributed by atoms with Crippen LogP contribution < -0.4 is 5.32 Å². The molecule has 7 heteroatoms. The second-order valence-electron chi connectivity index (χ2n) is 4.83. The van der Waals surface area contributed by atoms with Gasteiger partial charge in [0.15, 0.2) is 0 Å². The molecule has 1 atom stereocenters. The summed E-state index contributed by atoms with van der Waals surface area (Å²) in [5, 5.41) is 2.52. The van der Waals surface area contributed by atoms with Crippen LogP contribution in [0.4, 0.5) is 4.79 Å². The van der Waals surface area contributed by atoms with Crippen molar-refractivity contribution < 1.29 is 18.0 Å². The normalized spacial score (nSPS) is 19.2. The number of hydrogen-bond donors (Lipinski definition) is 1. The van der Waals surface area contributed by atoms with Crippen molar-refractivity contribution in [2.24, 2.45) is 0 Å². The fourth-order valence-electron chi connectivity index (χ4n) is 2.02. The number of nitrogens with zero attached hydrogens (tertiary/aromatic N) is 1. The molecule has 0 spiro atoms. The second kappa shape index (κ2) is 5.62. The van der Waals surface area contributed by atoms with Gasteiger partial charge in [-0.15, -0.1) is 0 Å². The standard InChI is InChI=1S/C13H16N2O4S/c1-20(18,19)8-7-11-12(16)15(13(17)14-11)9-10-5-3-2-4-6-10/h2-6,11H,7-9H2,1H3,(H,14,17)/t11-/m0/s1. The molecule has 0 bridgehead atoms. The molecule has 1 aromatic rings. The first-order valence-corrected chi connectivity index (χ1v) is 8.26. The minimum Gasteiger partial charge on any atom is -0.326 e. The number of nitrogens with one attached hydrogen (secondary N) is 1. The summed E-state index contributed by atoms with van der Waals surface area (Å²) >= 11 is 0. The number of amides is 3. The van der Waals surface area contributed by atoms with Gasteiger partial charge in [-0.05, 0) is 12.0 Å².